The highest BCUT2D eigenvalue weighted by atomic mass is 31.2. The molecule has 0 bridgehead atoms. The summed E-state index contributed by atoms with van der Waals surface area (Å²) < 4.78 is 10.7. The molecule has 0 saturated heterocycles. The van der Waals surface area contributed by atoms with E-state index < -0.39 is 7.60 Å². The maximum Gasteiger partial charge on any atom is 0.344 e. The summed E-state index contributed by atoms with van der Waals surface area (Å²) in [5, 5.41) is 0. The maximum absolute atomic E-state index is 10.7. The summed E-state index contributed by atoms with van der Waals surface area (Å²) in [5.74, 6) is 0. The molecule has 0 fully saturated rings. The predicted octanol–water partition coefficient (Wildman–Crippen LogP) is 1.26. The molecule has 0 radical (unpaired) electrons. The van der Waals surface area contributed by atoms with Crippen molar-refractivity contribution in [2.45, 2.75) is 0 Å². The van der Waals surface area contributed by atoms with Gasteiger partial charge in [0.05, 0.1) is 0 Å². The summed E-state index contributed by atoms with van der Waals surface area (Å²) >= 11 is 0. The van der Waals surface area contributed by atoms with Crippen molar-refractivity contribution in [3.63, 3.8) is 0 Å². The van der Waals surface area contributed by atoms with Crippen LogP contribution in [0.4, 0.5) is 5.69 Å². The number of hydrogen-bond donors (Lipinski definition) is 2. The summed E-state index contributed by atoms with van der Waals surface area (Å²) in [6, 6.07) is 9.11. The molecule has 0 unspecified atom stereocenters. The van der Waals surface area contributed by atoms with Gasteiger partial charge in [-0.3, -0.25) is 4.57 Å². The fraction of sp³-hybridized carbons (Fsp3) is 0.250. The lowest BCUT2D eigenvalue weighted by Crippen LogP contribution is -2.18. The zero-order valence-corrected chi connectivity index (χ0v) is 8.19. The highest BCUT2D eigenvalue weighted by Crippen LogP contribution is 2.35. The van der Waals surface area contributed by atoms with Gasteiger partial charge in [0.15, 0.2) is 0 Å². The van der Waals surface area contributed by atoms with Crippen molar-refractivity contribution in [2.24, 2.45) is 0 Å². The molecule has 4 nitrogen and oxygen atoms in total. The first-order chi connectivity index (χ1) is 5.99. The van der Waals surface area contributed by atoms with E-state index in [2.05, 4.69) is 0 Å². The van der Waals surface area contributed by atoms with E-state index in [1.165, 1.54) is 4.90 Å². The highest BCUT2D eigenvalue weighted by Gasteiger charge is 2.16. The van der Waals surface area contributed by atoms with Crippen molar-refractivity contribution in [3.8, 4) is 0 Å². The van der Waals surface area contributed by atoms with Gasteiger partial charge in [-0.1, -0.05) is 18.2 Å². The van der Waals surface area contributed by atoms with Crippen LogP contribution in [-0.4, -0.2) is 23.1 Å². The number of nitrogens with zero attached hydrogens (tertiary/aromatic N) is 1. The topological polar surface area (TPSA) is 60.8 Å². The second-order valence-corrected chi connectivity index (χ2v) is 4.45. The Balaban J connectivity index is 2.70. The van der Waals surface area contributed by atoms with Crippen LogP contribution in [0.15, 0.2) is 30.3 Å². The molecule has 2 N–H and O–H groups in total. The standard InChI is InChI=1S/C8H12NO3P/c1-9(7-13(10,11)12)8-5-3-2-4-6-8/h2-6H,7H2,1H3,(H2,10,11,12). The minimum absolute atomic E-state index is 0.253. The quantitative estimate of drug-likeness (QED) is 0.722. The van der Waals surface area contributed by atoms with Crippen LogP contribution in [-0.2, 0) is 4.57 Å². The zero-order chi connectivity index (χ0) is 9.90. The monoisotopic (exact) mass is 201 g/mol. The molecule has 0 amide bonds. The molecule has 0 heterocycles. The molecule has 0 aromatic heterocycles. The van der Waals surface area contributed by atoms with Gasteiger partial charge in [0.1, 0.15) is 6.29 Å². The van der Waals surface area contributed by atoms with Gasteiger partial charge in [0.2, 0.25) is 0 Å². The number of para-hydroxylation sites is 1. The van der Waals surface area contributed by atoms with E-state index in [-0.39, 0.29) is 6.29 Å². The molecule has 5 heteroatoms. The Morgan fingerprint density at radius 1 is 1.31 bits per heavy atom. The lowest BCUT2D eigenvalue weighted by molar-refractivity contribution is 0.373. The van der Waals surface area contributed by atoms with Crippen molar-refractivity contribution in [1.29, 1.82) is 0 Å². The molecule has 72 valence electrons. The Morgan fingerprint density at radius 3 is 2.31 bits per heavy atom. The first kappa shape index (κ1) is 10.3. The summed E-state index contributed by atoms with van der Waals surface area (Å²) in [6.07, 6.45) is -0.253. The highest BCUT2D eigenvalue weighted by molar-refractivity contribution is 7.51. The van der Waals surface area contributed by atoms with Gasteiger partial charge in [0, 0.05) is 12.7 Å². The van der Waals surface area contributed by atoms with Crippen LogP contribution >= 0.6 is 7.60 Å². The van der Waals surface area contributed by atoms with Crippen molar-refractivity contribution >= 4 is 13.3 Å². The third-order valence-electron chi connectivity index (χ3n) is 1.59. The van der Waals surface area contributed by atoms with Gasteiger partial charge in [-0.2, -0.15) is 0 Å². The Morgan fingerprint density at radius 2 is 1.85 bits per heavy atom. The summed E-state index contributed by atoms with van der Waals surface area (Å²) in [5.41, 5.74) is 0.797. The Bertz CT molecular complexity index is 308. The fourth-order valence-corrected chi connectivity index (χ4v) is 1.76. The average molecular weight is 201 g/mol. The summed E-state index contributed by atoms with van der Waals surface area (Å²) in [6.45, 7) is 0. The SMILES string of the molecule is CN(CP(=O)(O)O)c1ccccc1. The van der Waals surface area contributed by atoms with Gasteiger partial charge < -0.3 is 14.7 Å². The average Bonchev–Trinajstić information content (AvgIpc) is 2.03. The van der Waals surface area contributed by atoms with Crippen LogP contribution in [0.3, 0.4) is 0 Å². The minimum Gasteiger partial charge on any atom is -0.363 e. The van der Waals surface area contributed by atoms with Crippen molar-refractivity contribution in [1.82, 2.24) is 0 Å². The van der Waals surface area contributed by atoms with E-state index >= 15 is 0 Å². The Labute approximate surface area is 77.0 Å². The molecule has 0 spiro atoms. The molecule has 0 aliphatic rings. The number of rotatable bonds is 3. The van der Waals surface area contributed by atoms with Crippen LogP contribution in [0.5, 0.6) is 0 Å². The van der Waals surface area contributed by atoms with E-state index in [0.29, 0.717) is 0 Å². The van der Waals surface area contributed by atoms with Crippen LogP contribution in [0.1, 0.15) is 0 Å². The van der Waals surface area contributed by atoms with Gasteiger partial charge in [-0.05, 0) is 12.1 Å². The lowest BCUT2D eigenvalue weighted by Gasteiger charge is -2.19. The largest absolute Gasteiger partial charge is 0.363 e. The molecular weight excluding hydrogens is 189 g/mol. The Hall–Kier alpha value is -0.830. The van der Waals surface area contributed by atoms with Crippen LogP contribution in [0.2, 0.25) is 0 Å². The van der Waals surface area contributed by atoms with E-state index in [0.717, 1.165) is 5.69 Å². The molecule has 1 aromatic rings. The lowest BCUT2D eigenvalue weighted by atomic mass is 10.3. The van der Waals surface area contributed by atoms with E-state index in [4.69, 9.17) is 9.79 Å². The Kier molecular flexibility index (Phi) is 3.09. The molecule has 13 heavy (non-hydrogen) atoms. The number of benzene rings is 1. The first-order valence-electron chi connectivity index (χ1n) is 3.80. The second kappa shape index (κ2) is 3.92. The van der Waals surface area contributed by atoms with Crippen molar-refractivity contribution < 1.29 is 14.4 Å². The molecule has 0 saturated carbocycles. The molecule has 0 aliphatic heterocycles. The van der Waals surface area contributed by atoms with Crippen molar-refractivity contribution in [3.05, 3.63) is 30.3 Å². The van der Waals surface area contributed by atoms with Crippen molar-refractivity contribution in [2.75, 3.05) is 18.2 Å². The second-order valence-electron chi connectivity index (χ2n) is 2.84. The maximum atomic E-state index is 10.7. The van der Waals surface area contributed by atoms with E-state index in [9.17, 15) is 4.57 Å². The normalized spacial score (nSPS) is 11.3. The predicted molar refractivity (Wildman–Crippen MR) is 51.8 cm³/mol. The van der Waals surface area contributed by atoms with Gasteiger partial charge in [-0.15, -0.1) is 0 Å². The molecular formula is C8H12NO3P. The fourth-order valence-electron chi connectivity index (χ4n) is 1.04. The van der Waals surface area contributed by atoms with Crippen LogP contribution < -0.4 is 4.90 Å². The van der Waals surface area contributed by atoms with Crippen LogP contribution in [0, 0.1) is 0 Å². The molecule has 1 aromatic carbocycles. The van der Waals surface area contributed by atoms with E-state index in [1.807, 2.05) is 18.2 Å². The molecule has 0 aliphatic carbocycles. The molecule has 1 rings (SSSR count). The smallest absolute Gasteiger partial charge is 0.344 e. The van der Waals surface area contributed by atoms with Gasteiger partial charge in [0.25, 0.3) is 0 Å². The number of hydrogen-bond acceptors (Lipinski definition) is 2. The third-order valence-corrected chi connectivity index (χ3v) is 2.39. The summed E-state index contributed by atoms with van der Waals surface area (Å²) in [4.78, 5) is 19.0. The third kappa shape index (κ3) is 3.59. The van der Waals surface area contributed by atoms with Crippen LogP contribution in [0.25, 0.3) is 0 Å². The number of anilines is 1. The first-order valence-corrected chi connectivity index (χ1v) is 5.59. The molecule has 0 atom stereocenters. The zero-order valence-electron chi connectivity index (χ0n) is 7.29. The summed E-state index contributed by atoms with van der Waals surface area (Å²) in [7, 11) is -2.31. The minimum atomic E-state index is -3.96. The van der Waals surface area contributed by atoms with E-state index in [1.54, 1.807) is 19.2 Å². The van der Waals surface area contributed by atoms with Gasteiger partial charge in [-0.25, -0.2) is 0 Å². The van der Waals surface area contributed by atoms with Gasteiger partial charge >= 0.3 is 7.60 Å².